The molecule has 0 fully saturated rings. The van der Waals surface area contributed by atoms with Gasteiger partial charge in [0, 0.05) is 11.1 Å². The largest absolute Gasteiger partial charge is 0.497 e. The summed E-state index contributed by atoms with van der Waals surface area (Å²) in [5, 5.41) is 0.871. The van der Waals surface area contributed by atoms with Crippen molar-refractivity contribution >= 4 is 20.7 Å². The van der Waals surface area contributed by atoms with Gasteiger partial charge in [-0.2, -0.15) is 0 Å². The highest BCUT2D eigenvalue weighted by atomic mass is 32.2. The lowest BCUT2D eigenvalue weighted by molar-refractivity contribution is 0.414. The second kappa shape index (κ2) is 6.01. The van der Waals surface area contributed by atoms with E-state index in [4.69, 9.17) is 4.74 Å². The first kappa shape index (κ1) is 15.5. The van der Waals surface area contributed by atoms with Crippen LogP contribution in [0.1, 0.15) is 11.3 Å². The van der Waals surface area contributed by atoms with Crippen molar-refractivity contribution in [2.24, 2.45) is 0 Å². The smallest absolute Gasteiger partial charge is 0.182 e. The molecule has 4 nitrogen and oxygen atoms in total. The molecule has 0 saturated heterocycles. The summed E-state index contributed by atoms with van der Waals surface area (Å²) in [6, 6.07) is 15.9. The SMILES string of the molecule is COc1ccc(S(=O)(=O)Cc2cc(C)nc3ccccc23)cc1. The van der Waals surface area contributed by atoms with Crippen LogP contribution < -0.4 is 4.74 Å². The highest BCUT2D eigenvalue weighted by Crippen LogP contribution is 2.24. The van der Waals surface area contributed by atoms with E-state index >= 15 is 0 Å². The molecule has 0 aliphatic rings. The Bertz CT molecular complexity index is 948. The number of pyridine rings is 1. The molecule has 0 N–H and O–H groups in total. The van der Waals surface area contributed by atoms with E-state index in [1.807, 2.05) is 37.3 Å². The monoisotopic (exact) mass is 327 g/mol. The average Bonchev–Trinajstić information content (AvgIpc) is 2.54. The molecule has 0 aliphatic heterocycles. The number of hydrogen-bond donors (Lipinski definition) is 0. The number of nitrogens with zero attached hydrogens (tertiary/aromatic N) is 1. The number of aryl methyl sites for hydroxylation is 1. The van der Waals surface area contributed by atoms with Crippen LogP contribution in [0, 0.1) is 6.92 Å². The van der Waals surface area contributed by atoms with Crippen molar-refractivity contribution in [3.05, 3.63) is 65.9 Å². The van der Waals surface area contributed by atoms with Crippen LogP contribution in [0.3, 0.4) is 0 Å². The Labute approximate surface area is 135 Å². The van der Waals surface area contributed by atoms with E-state index in [1.165, 1.54) is 0 Å². The fourth-order valence-corrected chi connectivity index (χ4v) is 3.95. The minimum atomic E-state index is -3.43. The molecular formula is C18H17NO3S. The minimum absolute atomic E-state index is 0.0524. The number of fused-ring (bicyclic) bond motifs is 1. The third-order valence-electron chi connectivity index (χ3n) is 3.69. The molecule has 1 aromatic heterocycles. The topological polar surface area (TPSA) is 56.3 Å². The van der Waals surface area contributed by atoms with Crippen LogP contribution in [-0.2, 0) is 15.6 Å². The number of methoxy groups -OCH3 is 1. The Kier molecular flexibility index (Phi) is 4.05. The summed E-state index contributed by atoms with van der Waals surface area (Å²) >= 11 is 0. The number of rotatable bonds is 4. The van der Waals surface area contributed by atoms with E-state index in [1.54, 1.807) is 31.4 Å². The van der Waals surface area contributed by atoms with Gasteiger partial charge < -0.3 is 4.74 Å². The molecule has 3 rings (SSSR count). The third-order valence-corrected chi connectivity index (χ3v) is 5.38. The molecule has 0 bridgehead atoms. The van der Waals surface area contributed by atoms with E-state index in [9.17, 15) is 8.42 Å². The Morgan fingerprint density at radius 3 is 2.43 bits per heavy atom. The van der Waals surface area contributed by atoms with Gasteiger partial charge in [-0.15, -0.1) is 0 Å². The van der Waals surface area contributed by atoms with Gasteiger partial charge in [0.05, 0.1) is 23.3 Å². The summed E-state index contributed by atoms with van der Waals surface area (Å²) in [5.74, 6) is 0.581. The lowest BCUT2D eigenvalue weighted by Gasteiger charge is -2.09. The first-order chi connectivity index (χ1) is 11.0. The molecule has 0 amide bonds. The fourth-order valence-electron chi connectivity index (χ4n) is 2.59. The van der Waals surface area contributed by atoms with Gasteiger partial charge in [0.25, 0.3) is 0 Å². The second-order valence-electron chi connectivity index (χ2n) is 5.37. The zero-order chi connectivity index (χ0) is 16.4. The number of benzene rings is 2. The van der Waals surface area contributed by atoms with Crippen LogP contribution >= 0.6 is 0 Å². The number of para-hydroxylation sites is 1. The van der Waals surface area contributed by atoms with E-state index in [0.717, 1.165) is 22.2 Å². The molecular weight excluding hydrogens is 310 g/mol. The van der Waals surface area contributed by atoms with Gasteiger partial charge >= 0.3 is 0 Å². The van der Waals surface area contributed by atoms with Crippen molar-refractivity contribution in [3.8, 4) is 5.75 Å². The van der Waals surface area contributed by atoms with Gasteiger partial charge in [0.2, 0.25) is 0 Å². The van der Waals surface area contributed by atoms with Crippen molar-refractivity contribution < 1.29 is 13.2 Å². The first-order valence-electron chi connectivity index (χ1n) is 7.22. The summed E-state index contributed by atoms with van der Waals surface area (Å²) in [6.45, 7) is 1.87. The highest BCUT2D eigenvalue weighted by Gasteiger charge is 2.17. The molecule has 0 atom stereocenters. The zero-order valence-corrected chi connectivity index (χ0v) is 13.8. The van der Waals surface area contributed by atoms with Crippen LogP contribution in [0.2, 0.25) is 0 Å². The minimum Gasteiger partial charge on any atom is -0.497 e. The second-order valence-corrected chi connectivity index (χ2v) is 7.36. The van der Waals surface area contributed by atoms with Crippen molar-refractivity contribution in [2.45, 2.75) is 17.6 Å². The van der Waals surface area contributed by atoms with E-state index in [-0.39, 0.29) is 10.6 Å². The van der Waals surface area contributed by atoms with Crippen LogP contribution in [0.5, 0.6) is 5.75 Å². The predicted molar refractivity (Wildman–Crippen MR) is 90.4 cm³/mol. The van der Waals surface area contributed by atoms with E-state index in [0.29, 0.717) is 5.75 Å². The number of ether oxygens (including phenoxy) is 1. The summed E-state index contributed by atoms with van der Waals surface area (Å²) < 4.78 is 30.5. The summed E-state index contributed by atoms with van der Waals surface area (Å²) in [6.07, 6.45) is 0. The third kappa shape index (κ3) is 3.19. The molecule has 5 heteroatoms. The molecule has 118 valence electrons. The van der Waals surface area contributed by atoms with Crippen LogP contribution in [-0.4, -0.2) is 20.5 Å². The average molecular weight is 327 g/mol. The van der Waals surface area contributed by atoms with Crippen molar-refractivity contribution in [1.82, 2.24) is 4.98 Å². The predicted octanol–water partition coefficient (Wildman–Crippen LogP) is 3.53. The highest BCUT2D eigenvalue weighted by molar-refractivity contribution is 7.90. The maximum absolute atomic E-state index is 12.7. The molecule has 0 saturated carbocycles. The first-order valence-corrected chi connectivity index (χ1v) is 8.87. The van der Waals surface area contributed by atoms with Gasteiger partial charge in [-0.25, -0.2) is 8.42 Å². The normalized spacial score (nSPS) is 11.6. The van der Waals surface area contributed by atoms with E-state index in [2.05, 4.69) is 4.98 Å². The standard InChI is InChI=1S/C18H17NO3S/c1-13-11-14(17-5-3-4-6-18(17)19-13)12-23(20,21)16-9-7-15(22-2)8-10-16/h3-11H,12H2,1-2H3. The maximum atomic E-state index is 12.7. The quantitative estimate of drug-likeness (QED) is 0.735. The fraction of sp³-hybridized carbons (Fsp3) is 0.167. The summed E-state index contributed by atoms with van der Waals surface area (Å²) in [5.41, 5.74) is 2.39. The van der Waals surface area contributed by atoms with Gasteiger partial charge in [0.15, 0.2) is 9.84 Å². The van der Waals surface area contributed by atoms with Crippen LogP contribution in [0.4, 0.5) is 0 Å². The molecule has 23 heavy (non-hydrogen) atoms. The van der Waals surface area contributed by atoms with Gasteiger partial charge in [-0.1, -0.05) is 18.2 Å². The van der Waals surface area contributed by atoms with Crippen molar-refractivity contribution in [2.75, 3.05) is 7.11 Å². The molecule has 3 aromatic rings. The molecule has 0 spiro atoms. The van der Waals surface area contributed by atoms with Crippen LogP contribution in [0.25, 0.3) is 10.9 Å². The molecule has 0 unspecified atom stereocenters. The number of hydrogen-bond acceptors (Lipinski definition) is 4. The lowest BCUT2D eigenvalue weighted by Crippen LogP contribution is -2.06. The zero-order valence-electron chi connectivity index (χ0n) is 13.0. The molecule has 0 radical (unpaired) electrons. The summed E-state index contributed by atoms with van der Waals surface area (Å²) in [7, 11) is -1.88. The number of aromatic nitrogens is 1. The molecule has 2 aromatic carbocycles. The molecule has 0 aliphatic carbocycles. The molecule has 1 heterocycles. The Balaban J connectivity index is 2.03. The van der Waals surface area contributed by atoms with Crippen LogP contribution in [0.15, 0.2) is 59.5 Å². The van der Waals surface area contributed by atoms with Crippen molar-refractivity contribution in [1.29, 1.82) is 0 Å². The Hall–Kier alpha value is -2.40. The van der Waals surface area contributed by atoms with Gasteiger partial charge in [0.1, 0.15) is 5.75 Å². The van der Waals surface area contributed by atoms with Crippen molar-refractivity contribution in [3.63, 3.8) is 0 Å². The Morgan fingerprint density at radius 2 is 1.74 bits per heavy atom. The summed E-state index contributed by atoms with van der Waals surface area (Å²) in [4.78, 5) is 4.74. The number of sulfone groups is 1. The lowest BCUT2D eigenvalue weighted by atomic mass is 10.1. The van der Waals surface area contributed by atoms with Gasteiger partial charge in [-0.05, 0) is 48.9 Å². The van der Waals surface area contributed by atoms with Gasteiger partial charge in [-0.3, -0.25) is 4.98 Å². The van der Waals surface area contributed by atoms with E-state index < -0.39 is 9.84 Å². The maximum Gasteiger partial charge on any atom is 0.182 e. The Morgan fingerprint density at radius 1 is 1.04 bits per heavy atom.